The number of ether oxygens (including phenoxy) is 1. The van der Waals surface area contributed by atoms with Gasteiger partial charge in [0.2, 0.25) is 0 Å². The van der Waals surface area contributed by atoms with E-state index in [0.717, 1.165) is 0 Å². The third-order valence-electron chi connectivity index (χ3n) is 1.77. The fourth-order valence-corrected chi connectivity index (χ4v) is 1.77. The monoisotopic (exact) mass is 225 g/mol. The van der Waals surface area contributed by atoms with Crippen molar-refractivity contribution in [2.45, 2.75) is 6.42 Å². The Labute approximate surface area is 91.9 Å². The summed E-state index contributed by atoms with van der Waals surface area (Å²) in [5.74, 6) is -0.382. The van der Waals surface area contributed by atoms with Crippen molar-refractivity contribution in [1.29, 1.82) is 5.26 Å². The molecule has 6 heteroatoms. The van der Waals surface area contributed by atoms with Gasteiger partial charge in [0, 0.05) is 13.6 Å². The maximum atomic E-state index is 11.1. The van der Waals surface area contributed by atoms with Gasteiger partial charge in [-0.25, -0.2) is 9.78 Å². The van der Waals surface area contributed by atoms with E-state index in [4.69, 9.17) is 5.26 Å². The van der Waals surface area contributed by atoms with Crippen molar-refractivity contribution in [1.82, 2.24) is 4.98 Å². The van der Waals surface area contributed by atoms with Crippen LogP contribution in [0.1, 0.15) is 16.1 Å². The van der Waals surface area contributed by atoms with Crippen LogP contribution in [0.5, 0.6) is 0 Å². The smallest absolute Gasteiger partial charge is 0.349 e. The highest BCUT2D eigenvalue weighted by atomic mass is 32.1. The van der Waals surface area contributed by atoms with E-state index in [1.807, 2.05) is 11.9 Å². The molecule has 0 aliphatic carbocycles. The van der Waals surface area contributed by atoms with Crippen molar-refractivity contribution < 1.29 is 9.53 Å². The number of carbonyl (C=O) groups excluding carboxylic acids is 1. The van der Waals surface area contributed by atoms with Crippen LogP contribution in [-0.4, -0.2) is 31.7 Å². The summed E-state index contributed by atoms with van der Waals surface area (Å²) in [5, 5.41) is 9.14. The average molecular weight is 225 g/mol. The highest BCUT2D eigenvalue weighted by molar-refractivity contribution is 7.17. The molecular formula is C9H11N3O2S. The minimum Gasteiger partial charge on any atom is -0.465 e. The number of methoxy groups -OCH3 is 1. The van der Waals surface area contributed by atoms with Gasteiger partial charge in [-0.1, -0.05) is 11.3 Å². The van der Waals surface area contributed by atoms with Crippen LogP contribution in [-0.2, 0) is 4.74 Å². The van der Waals surface area contributed by atoms with Gasteiger partial charge in [0.15, 0.2) is 5.13 Å². The van der Waals surface area contributed by atoms with Crippen molar-refractivity contribution in [3.63, 3.8) is 0 Å². The quantitative estimate of drug-likeness (QED) is 0.722. The molecule has 0 aliphatic heterocycles. The number of thiazole rings is 1. The van der Waals surface area contributed by atoms with Gasteiger partial charge in [0.05, 0.1) is 25.8 Å². The number of esters is 1. The largest absolute Gasteiger partial charge is 0.465 e. The Morgan fingerprint density at radius 3 is 3.13 bits per heavy atom. The van der Waals surface area contributed by atoms with Gasteiger partial charge in [-0.05, 0) is 0 Å². The molecule has 1 heterocycles. The van der Waals surface area contributed by atoms with Gasteiger partial charge < -0.3 is 9.64 Å². The number of nitrogens with zero attached hydrogens (tertiary/aromatic N) is 3. The van der Waals surface area contributed by atoms with Crippen LogP contribution < -0.4 is 4.90 Å². The van der Waals surface area contributed by atoms with Gasteiger partial charge in [-0.15, -0.1) is 0 Å². The lowest BCUT2D eigenvalue weighted by atomic mass is 10.4. The molecule has 0 aromatic carbocycles. The Morgan fingerprint density at radius 1 is 1.80 bits per heavy atom. The zero-order valence-electron chi connectivity index (χ0n) is 8.56. The highest BCUT2D eigenvalue weighted by Crippen LogP contribution is 2.21. The van der Waals surface area contributed by atoms with E-state index in [0.29, 0.717) is 23.0 Å². The van der Waals surface area contributed by atoms with Crippen LogP contribution in [0.15, 0.2) is 6.20 Å². The molecule has 0 bridgehead atoms. The zero-order valence-corrected chi connectivity index (χ0v) is 9.37. The number of anilines is 1. The molecule has 5 nitrogen and oxygen atoms in total. The molecular weight excluding hydrogens is 214 g/mol. The minimum absolute atomic E-state index is 0.382. The van der Waals surface area contributed by atoms with Crippen LogP contribution in [0, 0.1) is 11.3 Å². The van der Waals surface area contributed by atoms with Crippen molar-refractivity contribution in [2.24, 2.45) is 0 Å². The third kappa shape index (κ3) is 2.92. The Bertz CT molecular complexity index is 383. The number of hydrogen-bond donors (Lipinski definition) is 0. The van der Waals surface area contributed by atoms with Crippen molar-refractivity contribution in [2.75, 3.05) is 25.6 Å². The van der Waals surface area contributed by atoms with E-state index >= 15 is 0 Å². The molecule has 0 atom stereocenters. The number of aromatic nitrogens is 1. The van der Waals surface area contributed by atoms with Crippen LogP contribution in [0.2, 0.25) is 0 Å². The first-order chi connectivity index (χ1) is 7.19. The van der Waals surface area contributed by atoms with E-state index in [-0.39, 0.29) is 5.97 Å². The molecule has 0 fully saturated rings. The van der Waals surface area contributed by atoms with E-state index in [1.165, 1.54) is 24.6 Å². The van der Waals surface area contributed by atoms with E-state index < -0.39 is 0 Å². The van der Waals surface area contributed by atoms with Gasteiger partial charge >= 0.3 is 5.97 Å². The van der Waals surface area contributed by atoms with Gasteiger partial charge in [-0.2, -0.15) is 5.26 Å². The number of nitriles is 1. The van der Waals surface area contributed by atoms with Crippen molar-refractivity contribution in [3.05, 3.63) is 11.1 Å². The predicted molar refractivity (Wildman–Crippen MR) is 57.0 cm³/mol. The Kier molecular flexibility index (Phi) is 4.06. The van der Waals surface area contributed by atoms with Gasteiger partial charge in [-0.3, -0.25) is 0 Å². The molecule has 15 heavy (non-hydrogen) atoms. The predicted octanol–water partition coefficient (Wildman–Crippen LogP) is 1.28. The first-order valence-electron chi connectivity index (χ1n) is 4.31. The van der Waals surface area contributed by atoms with E-state index in [1.54, 1.807) is 0 Å². The molecule has 0 saturated heterocycles. The van der Waals surface area contributed by atoms with Crippen LogP contribution >= 0.6 is 11.3 Å². The molecule has 0 saturated carbocycles. The topological polar surface area (TPSA) is 66.2 Å². The van der Waals surface area contributed by atoms with Crippen LogP contribution in [0.3, 0.4) is 0 Å². The van der Waals surface area contributed by atoms with Crippen LogP contribution in [0.25, 0.3) is 0 Å². The summed E-state index contributed by atoms with van der Waals surface area (Å²) in [6.45, 7) is 0.602. The molecule has 0 amide bonds. The summed E-state index contributed by atoms with van der Waals surface area (Å²) in [6, 6.07) is 2.05. The summed E-state index contributed by atoms with van der Waals surface area (Å²) in [4.78, 5) is 17.5. The fraction of sp³-hybridized carbons (Fsp3) is 0.444. The molecule has 0 N–H and O–H groups in total. The lowest BCUT2D eigenvalue weighted by Crippen LogP contribution is -2.17. The van der Waals surface area contributed by atoms with Gasteiger partial charge in [0.1, 0.15) is 4.88 Å². The first-order valence-corrected chi connectivity index (χ1v) is 5.13. The molecule has 1 aromatic heterocycles. The van der Waals surface area contributed by atoms with Gasteiger partial charge in [0.25, 0.3) is 0 Å². The normalized spacial score (nSPS) is 9.40. The second-order valence-corrected chi connectivity index (χ2v) is 3.84. The number of rotatable bonds is 4. The van der Waals surface area contributed by atoms with Crippen LogP contribution in [0.4, 0.5) is 5.13 Å². The summed E-state index contributed by atoms with van der Waals surface area (Å²) < 4.78 is 4.57. The molecule has 0 radical (unpaired) electrons. The Balaban J connectivity index is 2.67. The summed E-state index contributed by atoms with van der Waals surface area (Å²) in [6.07, 6.45) is 1.92. The second kappa shape index (κ2) is 5.32. The standard InChI is InChI=1S/C9H11N3O2S/c1-12(5-3-4-10)9-11-6-7(15-9)8(13)14-2/h6H,3,5H2,1-2H3. The molecule has 80 valence electrons. The highest BCUT2D eigenvalue weighted by Gasteiger charge is 2.12. The second-order valence-electron chi connectivity index (χ2n) is 2.83. The summed E-state index contributed by atoms with van der Waals surface area (Å²) in [5.41, 5.74) is 0. The maximum Gasteiger partial charge on any atom is 0.349 e. The Morgan fingerprint density at radius 2 is 2.53 bits per heavy atom. The number of carbonyl (C=O) groups is 1. The van der Waals surface area contributed by atoms with Crippen molar-refractivity contribution >= 4 is 22.4 Å². The summed E-state index contributed by atoms with van der Waals surface area (Å²) >= 11 is 1.25. The first kappa shape index (κ1) is 11.5. The summed E-state index contributed by atoms with van der Waals surface area (Å²) in [7, 11) is 3.17. The van der Waals surface area contributed by atoms with E-state index in [9.17, 15) is 4.79 Å². The lowest BCUT2D eigenvalue weighted by Gasteiger charge is -2.12. The Hall–Kier alpha value is -1.61. The molecule has 0 aliphatic rings. The zero-order chi connectivity index (χ0) is 11.3. The molecule has 0 spiro atoms. The van der Waals surface area contributed by atoms with E-state index in [2.05, 4.69) is 15.8 Å². The number of hydrogen-bond acceptors (Lipinski definition) is 6. The maximum absolute atomic E-state index is 11.1. The molecule has 1 rings (SSSR count). The fourth-order valence-electron chi connectivity index (χ4n) is 0.950. The molecule has 0 unspecified atom stereocenters. The molecule has 1 aromatic rings. The SMILES string of the molecule is COC(=O)c1cnc(N(C)CCC#N)s1. The van der Waals surface area contributed by atoms with Crippen molar-refractivity contribution in [3.8, 4) is 6.07 Å². The lowest BCUT2D eigenvalue weighted by molar-refractivity contribution is 0.0606. The average Bonchev–Trinajstić information content (AvgIpc) is 2.74. The minimum atomic E-state index is -0.382. The third-order valence-corrected chi connectivity index (χ3v) is 2.86.